The molecule has 2 aromatic carbocycles. The first kappa shape index (κ1) is 12.7. The number of benzene rings is 2. The highest BCUT2D eigenvalue weighted by Gasteiger charge is 2.07. The van der Waals surface area contributed by atoms with Gasteiger partial charge >= 0.3 is 0 Å². The number of anilines is 1. The van der Waals surface area contributed by atoms with E-state index in [0.29, 0.717) is 5.56 Å². The summed E-state index contributed by atoms with van der Waals surface area (Å²) in [6, 6.07) is 18.1. The summed E-state index contributed by atoms with van der Waals surface area (Å²) in [5.74, 6) is 0. The molecule has 1 N–H and O–H groups in total. The molecule has 0 radical (unpaired) electrons. The van der Waals surface area contributed by atoms with Gasteiger partial charge in [0.05, 0.1) is 11.3 Å². The van der Waals surface area contributed by atoms with E-state index in [1.54, 1.807) is 0 Å². The number of nitrogens with zero attached hydrogens (tertiary/aromatic N) is 1. The largest absolute Gasteiger partial charge is 0.377 e. The molecule has 0 bridgehead atoms. The molecule has 0 saturated heterocycles. The average Bonchev–Trinajstić information content (AvgIpc) is 2.40. The number of halogens is 1. The van der Waals surface area contributed by atoms with Gasteiger partial charge in [-0.3, -0.25) is 0 Å². The molecular formula is C15H13BrN2. The standard InChI is InChI=1S/C15H13BrN2/c1-11(12-6-8-14(16)9-7-12)18-15-5-3-2-4-13(15)10-17/h2-9,11,18H,1H3. The van der Waals surface area contributed by atoms with E-state index in [0.717, 1.165) is 10.2 Å². The predicted molar refractivity (Wildman–Crippen MR) is 77.3 cm³/mol. The highest BCUT2D eigenvalue weighted by Crippen LogP contribution is 2.23. The van der Waals surface area contributed by atoms with Crippen LogP contribution in [0.1, 0.15) is 24.1 Å². The second-order valence-corrected chi connectivity index (χ2v) is 4.99. The van der Waals surface area contributed by atoms with Crippen LogP contribution in [0.15, 0.2) is 53.0 Å². The SMILES string of the molecule is CC(Nc1ccccc1C#N)c1ccc(Br)cc1. The lowest BCUT2D eigenvalue weighted by atomic mass is 10.1. The van der Waals surface area contributed by atoms with Crippen molar-refractivity contribution in [3.63, 3.8) is 0 Å². The van der Waals surface area contributed by atoms with Gasteiger partial charge in [0, 0.05) is 10.5 Å². The van der Waals surface area contributed by atoms with Gasteiger partial charge in [-0.1, -0.05) is 40.2 Å². The van der Waals surface area contributed by atoms with Crippen LogP contribution in [0.4, 0.5) is 5.69 Å². The molecule has 0 heterocycles. The zero-order valence-electron chi connectivity index (χ0n) is 10.0. The summed E-state index contributed by atoms with van der Waals surface area (Å²) in [6.45, 7) is 2.08. The molecule has 0 fully saturated rings. The first-order valence-corrected chi connectivity index (χ1v) is 6.51. The molecule has 0 amide bonds. The summed E-state index contributed by atoms with van der Waals surface area (Å²) in [4.78, 5) is 0. The fourth-order valence-electron chi connectivity index (χ4n) is 1.77. The second kappa shape index (κ2) is 5.70. The molecule has 1 atom stereocenters. The minimum atomic E-state index is 0.160. The quantitative estimate of drug-likeness (QED) is 0.906. The zero-order chi connectivity index (χ0) is 13.0. The zero-order valence-corrected chi connectivity index (χ0v) is 11.6. The van der Waals surface area contributed by atoms with Crippen molar-refractivity contribution in [2.24, 2.45) is 0 Å². The lowest BCUT2D eigenvalue weighted by molar-refractivity contribution is 0.883. The molecule has 0 spiro atoms. The molecule has 0 saturated carbocycles. The first-order chi connectivity index (χ1) is 8.70. The van der Waals surface area contributed by atoms with Crippen molar-refractivity contribution in [2.75, 3.05) is 5.32 Å². The van der Waals surface area contributed by atoms with Crippen molar-refractivity contribution in [3.05, 3.63) is 64.1 Å². The van der Waals surface area contributed by atoms with Crippen LogP contribution in [0.3, 0.4) is 0 Å². The Morgan fingerprint density at radius 2 is 1.78 bits per heavy atom. The van der Waals surface area contributed by atoms with Crippen molar-refractivity contribution >= 4 is 21.6 Å². The summed E-state index contributed by atoms with van der Waals surface area (Å²) in [7, 11) is 0. The van der Waals surface area contributed by atoms with E-state index in [2.05, 4.69) is 46.4 Å². The molecule has 2 nitrogen and oxygen atoms in total. The van der Waals surface area contributed by atoms with Crippen molar-refractivity contribution in [3.8, 4) is 6.07 Å². The third kappa shape index (κ3) is 2.91. The third-order valence-electron chi connectivity index (χ3n) is 2.79. The van der Waals surface area contributed by atoms with Crippen LogP contribution >= 0.6 is 15.9 Å². The van der Waals surface area contributed by atoms with Crippen molar-refractivity contribution in [2.45, 2.75) is 13.0 Å². The Bertz CT molecular complexity index is 570. The van der Waals surface area contributed by atoms with Gasteiger partial charge in [0.2, 0.25) is 0 Å². The van der Waals surface area contributed by atoms with Crippen LogP contribution in [-0.2, 0) is 0 Å². The van der Waals surface area contributed by atoms with Gasteiger partial charge in [-0.25, -0.2) is 0 Å². The molecule has 2 rings (SSSR count). The number of rotatable bonds is 3. The maximum atomic E-state index is 9.04. The smallest absolute Gasteiger partial charge is 0.101 e. The van der Waals surface area contributed by atoms with Gasteiger partial charge < -0.3 is 5.32 Å². The van der Waals surface area contributed by atoms with Crippen LogP contribution in [0, 0.1) is 11.3 Å². The van der Waals surface area contributed by atoms with Crippen molar-refractivity contribution in [1.29, 1.82) is 5.26 Å². The molecule has 90 valence electrons. The monoisotopic (exact) mass is 300 g/mol. The topological polar surface area (TPSA) is 35.8 Å². The molecule has 3 heteroatoms. The van der Waals surface area contributed by atoms with E-state index in [9.17, 15) is 0 Å². The molecule has 0 aromatic heterocycles. The Morgan fingerprint density at radius 3 is 2.44 bits per heavy atom. The molecule has 1 unspecified atom stereocenters. The van der Waals surface area contributed by atoms with Gasteiger partial charge in [0.1, 0.15) is 6.07 Å². The van der Waals surface area contributed by atoms with Gasteiger partial charge in [-0.15, -0.1) is 0 Å². The predicted octanol–water partition coefficient (Wildman–Crippen LogP) is 4.49. The molecule has 18 heavy (non-hydrogen) atoms. The minimum Gasteiger partial charge on any atom is -0.377 e. The van der Waals surface area contributed by atoms with E-state index >= 15 is 0 Å². The van der Waals surface area contributed by atoms with Crippen LogP contribution in [0.2, 0.25) is 0 Å². The van der Waals surface area contributed by atoms with Crippen molar-refractivity contribution in [1.82, 2.24) is 0 Å². The normalized spacial score (nSPS) is 11.6. The van der Waals surface area contributed by atoms with Gasteiger partial charge in [0.25, 0.3) is 0 Å². The van der Waals surface area contributed by atoms with Crippen LogP contribution < -0.4 is 5.32 Å². The van der Waals surface area contributed by atoms with Crippen LogP contribution in [0.25, 0.3) is 0 Å². The number of para-hydroxylation sites is 1. The van der Waals surface area contributed by atoms with E-state index in [1.807, 2.05) is 36.4 Å². The maximum absolute atomic E-state index is 9.04. The van der Waals surface area contributed by atoms with Gasteiger partial charge in [-0.05, 0) is 36.8 Å². The lowest BCUT2D eigenvalue weighted by Crippen LogP contribution is -2.07. The summed E-state index contributed by atoms with van der Waals surface area (Å²) in [6.07, 6.45) is 0. The molecule has 2 aromatic rings. The summed E-state index contributed by atoms with van der Waals surface area (Å²) >= 11 is 3.42. The Hall–Kier alpha value is -1.79. The lowest BCUT2D eigenvalue weighted by Gasteiger charge is -2.16. The van der Waals surface area contributed by atoms with E-state index in [-0.39, 0.29) is 6.04 Å². The van der Waals surface area contributed by atoms with Crippen LogP contribution in [-0.4, -0.2) is 0 Å². The maximum Gasteiger partial charge on any atom is 0.101 e. The van der Waals surface area contributed by atoms with E-state index < -0.39 is 0 Å². The number of hydrogen-bond acceptors (Lipinski definition) is 2. The van der Waals surface area contributed by atoms with Gasteiger partial charge in [0.15, 0.2) is 0 Å². The van der Waals surface area contributed by atoms with E-state index in [4.69, 9.17) is 5.26 Å². The second-order valence-electron chi connectivity index (χ2n) is 4.07. The summed E-state index contributed by atoms with van der Waals surface area (Å²) in [5.41, 5.74) is 2.72. The molecule has 0 aliphatic rings. The summed E-state index contributed by atoms with van der Waals surface area (Å²) in [5, 5.41) is 12.4. The Morgan fingerprint density at radius 1 is 1.11 bits per heavy atom. The van der Waals surface area contributed by atoms with Gasteiger partial charge in [-0.2, -0.15) is 5.26 Å². The Kier molecular flexibility index (Phi) is 4.01. The number of hydrogen-bond donors (Lipinski definition) is 1. The number of nitriles is 1. The Labute approximate surface area is 115 Å². The molecule has 0 aliphatic carbocycles. The Balaban J connectivity index is 2.19. The fraction of sp³-hybridized carbons (Fsp3) is 0.133. The summed E-state index contributed by atoms with van der Waals surface area (Å²) < 4.78 is 1.07. The molecule has 0 aliphatic heterocycles. The third-order valence-corrected chi connectivity index (χ3v) is 3.32. The highest BCUT2D eigenvalue weighted by atomic mass is 79.9. The minimum absolute atomic E-state index is 0.160. The average molecular weight is 301 g/mol. The van der Waals surface area contributed by atoms with Crippen LogP contribution in [0.5, 0.6) is 0 Å². The fourth-order valence-corrected chi connectivity index (χ4v) is 2.04. The van der Waals surface area contributed by atoms with E-state index in [1.165, 1.54) is 5.56 Å². The molecular weight excluding hydrogens is 288 g/mol. The highest BCUT2D eigenvalue weighted by molar-refractivity contribution is 9.10. The van der Waals surface area contributed by atoms with Crippen molar-refractivity contribution < 1.29 is 0 Å². The number of nitrogens with one attached hydrogen (secondary N) is 1. The first-order valence-electron chi connectivity index (χ1n) is 5.72.